The molecule has 2 N–H and O–H groups in total. The molecule has 1 amide bonds. The van der Waals surface area contributed by atoms with Gasteiger partial charge in [0.1, 0.15) is 0 Å². The third-order valence-electron chi connectivity index (χ3n) is 2.21. The Balaban J connectivity index is 2.63. The van der Waals surface area contributed by atoms with Gasteiger partial charge < -0.3 is 10.3 Å². The summed E-state index contributed by atoms with van der Waals surface area (Å²) in [5.74, 6) is -0.910. The molecule has 2 heterocycles. The minimum Gasteiger partial charge on any atom is -0.364 e. The number of carbonyl (C=O) groups is 1. The Bertz CT molecular complexity index is 577. The van der Waals surface area contributed by atoms with Crippen LogP contribution in [-0.4, -0.2) is 20.4 Å². The smallest absolute Gasteiger partial charge is 0.364 e. The van der Waals surface area contributed by atoms with Gasteiger partial charge in [-0.1, -0.05) is 0 Å². The third kappa shape index (κ3) is 2.17. The number of carbonyl (C=O) groups excluding carboxylic acids is 1. The molecule has 2 rings (SSSR count). The van der Waals surface area contributed by atoms with Crippen LogP contribution in [0, 0.1) is 0 Å². The topological polar surface area (TPSA) is 73.8 Å². The molecule has 0 unspecified atom stereocenters. The van der Waals surface area contributed by atoms with Gasteiger partial charge >= 0.3 is 6.18 Å². The zero-order chi connectivity index (χ0) is 13.3. The molecule has 0 spiro atoms. The molecule has 0 aromatic carbocycles. The van der Waals surface area contributed by atoms with Crippen LogP contribution in [-0.2, 0) is 6.18 Å². The normalized spacial score (nSPS) is 11.5. The lowest BCUT2D eigenvalue weighted by Crippen LogP contribution is -2.18. The summed E-state index contributed by atoms with van der Waals surface area (Å²) in [6.45, 7) is 0. The predicted octanol–water partition coefficient (Wildman–Crippen LogP) is 1.38. The van der Waals surface area contributed by atoms with Crippen molar-refractivity contribution >= 4 is 5.91 Å². The third-order valence-corrected chi connectivity index (χ3v) is 2.21. The van der Waals surface area contributed by atoms with Crippen LogP contribution in [0.2, 0.25) is 0 Å². The Morgan fingerprint density at radius 2 is 2.11 bits per heavy atom. The summed E-state index contributed by atoms with van der Waals surface area (Å²) in [6.07, 6.45) is 0.0390. The maximum atomic E-state index is 12.6. The molecule has 2 aromatic rings. The molecule has 2 aromatic heterocycles. The fraction of sp³-hybridized carbons (Fsp3) is 0.100. The molecule has 0 bridgehead atoms. The van der Waals surface area contributed by atoms with Gasteiger partial charge in [-0.25, -0.2) is 9.97 Å². The summed E-state index contributed by atoms with van der Waals surface area (Å²) in [5, 5.41) is 0. The number of hydrogen-bond acceptors (Lipinski definition) is 3. The van der Waals surface area contributed by atoms with Crippen molar-refractivity contribution in [2.24, 2.45) is 5.73 Å². The molecule has 0 radical (unpaired) electrons. The molecule has 0 fully saturated rings. The highest BCUT2D eigenvalue weighted by Gasteiger charge is 2.32. The number of aromatic nitrogens is 3. The predicted molar refractivity (Wildman–Crippen MR) is 54.9 cm³/mol. The number of pyridine rings is 1. The summed E-state index contributed by atoms with van der Waals surface area (Å²) >= 11 is 0. The van der Waals surface area contributed by atoms with Crippen molar-refractivity contribution < 1.29 is 18.0 Å². The number of hydrogen-bond donors (Lipinski definition) is 1. The van der Waals surface area contributed by atoms with Crippen LogP contribution in [0.1, 0.15) is 16.1 Å². The number of imidazole rings is 1. The first-order valence-electron chi connectivity index (χ1n) is 4.75. The van der Waals surface area contributed by atoms with E-state index >= 15 is 0 Å². The Hall–Kier alpha value is -2.38. The van der Waals surface area contributed by atoms with Crippen LogP contribution in [0.25, 0.3) is 5.69 Å². The van der Waals surface area contributed by atoms with Crippen molar-refractivity contribution in [1.82, 2.24) is 14.5 Å². The maximum absolute atomic E-state index is 12.6. The second kappa shape index (κ2) is 4.13. The van der Waals surface area contributed by atoms with E-state index in [1.54, 1.807) is 0 Å². The second-order valence-electron chi connectivity index (χ2n) is 3.42. The molecule has 0 saturated carbocycles. The van der Waals surface area contributed by atoms with Crippen LogP contribution in [0.15, 0.2) is 31.0 Å². The van der Waals surface area contributed by atoms with Crippen LogP contribution in [0.5, 0.6) is 0 Å². The number of alkyl halides is 3. The quantitative estimate of drug-likeness (QED) is 0.882. The molecule has 94 valence electrons. The van der Waals surface area contributed by atoms with E-state index in [9.17, 15) is 18.0 Å². The number of primary amides is 1. The molecule has 0 aliphatic carbocycles. The highest BCUT2D eigenvalue weighted by Crippen LogP contribution is 2.30. The van der Waals surface area contributed by atoms with Gasteiger partial charge in [0.05, 0.1) is 17.6 Å². The zero-order valence-corrected chi connectivity index (χ0v) is 8.85. The van der Waals surface area contributed by atoms with Crippen LogP contribution in [0.4, 0.5) is 13.2 Å². The summed E-state index contributed by atoms with van der Waals surface area (Å²) in [5.41, 5.74) is 3.79. The van der Waals surface area contributed by atoms with Gasteiger partial charge in [-0.3, -0.25) is 4.79 Å². The van der Waals surface area contributed by atoms with Crippen LogP contribution >= 0.6 is 0 Å². The average Bonchev–Trinajstić information content (AvgIpc) is 2.80. The number of rotatable bonds is 2. The highest BCUT2D eigenvalue weighted by molar-refractivity contribution is 5.94. The van der Waals surface area contributed by atoms with Crippen molar-refractivity contribution in [2.75, 3.05) is 0 Å². The van der Waals surface area contributed by atoms with Crippen molar-refractivity contribution in [3.05, 3.63) is 42.2 Å². The molecule has 5 nitrogen and oxygen atoms in total. The monoisotopic (exact) mass is 256 g/mol. The van der Waals surface area contributed by atoms with Crippen molar-refractivity contribution in [1.29, 1.82) is 0 Å². The lowest BCUT2D eigenvalue weighted by atomic mass is 10.2. The molecule has 0 atom stereocenters. The lowest BCUT2D eigenvalue weighted by molar-refractivity contribution is -0.137. The van der Waals surface area contributed by atoms with E-state index in [0.29, 0.717) is 6.20 Å². The van der Waals surface area contributed by atoms with E-state index in [-0.39, 0.29) is 11.4 Å². The summed E-state index contributed by atoms with van der Waals surface area (Å²) in [4.78, 5) is 18.3. The summed E-state index contributed by atoms with van der Waals surface area (Å²) < 4.78 is 38.9. The van der Waals surface area contributed by atoms with Gasteiger partial charge in [0.15, 0.2) is 5.69 Å². The Morgan fingerprint density at radius 1 is 1.39 bits per heavy atom. The summed E-state index contributed by atoms with van der Waals surface area (Å²) in [7, 11) is 0. The van der Waals surface area contributed by atoms with E-state index in [4.69, 9.17) is 5.73 Å². The van der Waals surface area contributed by atoms with Gasteiger partial charge in [0.25, 0.3) is 5.91 Å². The summed E-state index contributed by atoms with van der Waals surface area (Å²) in [6, 6.07) is 0.800. The molecule has 18 heavy (non-hydrogen) atoms. The number of nitrogens with two attached hydrogens (primary N) is 1. The SMILES string of the molecule is NC(=O)c1ncc(C(F)(F)F)cc1-n1ccnc1. The van der Waals surface area contributed by atoms with Gasteiger partial charge in [0.2, 0.25) is 0 Å². The zero-order valence-electron chi connectivity index (χ0n) is 8.85. The van der Waals surface area contributed by atoms with Gasteiger partial charge in [-0.05, 0) is 6.07 Å². The molecule has 0 aliphatic heterocycles. The van der Waals surface area contributed by atoms with E-state index < -0.39 is 17.6 Å². The number of halogens is 3. The highest BCUT2D eigenvalue weighted by atomic mass is 19.4. The van der Waals surface area contributed by atoms with E-state index in [2.05, 4.69) is 9.97 Å². The number of amides is 1. The fourth-order valence-corrected chi connectivity index (χ4v) is 1.40. The molecule has 0 aliphatic rings. The maximum Gasteiger partial charge on any atom is 0.417 e. The fourth-order valence-electron chi connectivity index (χ4n) is 1.40. The average molecular weight is 256 g/mol. The van der Waals surface area contributed by atoms with Gasteiger partial charge in [-0.2, -0.15) is 13.2 Å². The van der Waals surface area contributed by atoms with E-state index in [1.807, 2.05) is 0 Å². The van der Waals surface area contributed by atoms with Gasteiger partial charge in [0, 0.05) is 18.6 Å². The first-order valence-corrected chi connectivity index (χ1v) is 4.75. The Kier molecular flexibility index (Phi) is 2.77. The standard InChI is InChI=1S/C10H7F3N4O/c11-10(12,13)6-3-7(17-2-1-15-5-17)8(9(14)18)16-4-6/h1-5H,(H2,14,18). The largest absolute Gasteiger partial charge is 0.417 e. The lowest BCUT2D eigenvalue weighted by Gasteiger charge is -2.11. The number of nitrogens with zero attached hydrogens (tertiary/aromatic N) is 3. The second-order valence-corrected chi connectivity index (χ2v) is 3.42. The molecule has 8 heteroatoms. The Morgan fingerprint density at radius 3 is 2.61 bits per heavy atom. The first-order chi connectivity index (χ1) is 8.39. The van der Waals surface area contributed by atoms with E-state index in [1.165, 1.54) is 23.3 Å². The van der Waals surface area contributed by atoms with Crippen molar-refractivity contribution in [2.45, 2.75) is 6.18 Å². The minimum absolute atomic E-state index is 0.0603. The first kappa shape index (κ1) is 12.1. The van der Waals surface area contributed by atoms with Gasteiger partial charge in [-0.15, -0.1) is 0 Å². The molecular weight excluding hydrogens is 249 g/mol. The Labute approximate surface area is 99.1 Å². The molecule has 0 saturated heterocycles. The van der Waals surface area contributed by atoms with Crippen LogP contribution in [0.3, 0.4) is 0 Å². The minimum atomic E-state index is -4.54. The van der Waals surface area contributed by atoms with Crippen molar-refractivity contribution in [3.8, 4) is 5.69 Å². The van der Waals surface area contributed by atoms with Crippen molar-refractivity contribution in [3.63, 3.8) is 0 Å². The van der Waals surface area contributed by atoms with E-state index in [0.717, 1.165) is 6.07 Å². The molecular formula is C10H7F3N4O. The van der Waals surface area contributed by atoms with Crippen LogP contribution < -0.4 is 5.73 Å².